The second kappa shape index (κ2) is 6.36. The summed E-state index contributed by atoms with van der Waals surface area (Å²) in [6.07, 6.45) is 4.98. The van der Waals surface area contributed by atoms with E-state index in [0.29, 0.717) is 27.9 Å². The molecule has 3 aliphatic rings. The van der Waals surface area contributed by atoms with Crippen LogP contribution >= 0.6 is 23.5 Å². The summed E-state index contributed by atoms with van der Waals surface area (Å²) in [5.74, 6) is 1.38. The fourth-order valence-corrected chi connectivity index (χ4v) is 13.1. The molecule has 4 atom stereocenters. The van der Waals surface area contributed by atoms with E-state index in [1.165, 1.54) is 9.81 Å². The van der Waals surface area contributed by atoms with E-state index < -0.39 is 8.24 Å². The number of allylic oxidation sites excluding steroid dienone is 4. The highest BCUT2D eigenvalue weighted by molar-refractivity contribution is 8.05. The average Bonchev–Trinajstić information content (AvgIpc) is 3.17. The van der Waals surface area contributed by atoms with Crippen molar-refractivity contribution in [3.05, 3.63) is 57.9 Å². The van der Waals surface area contributed by atoms with Gasteiger partial charge in [0.25, 0.3) is 0 Å². The van der Waals surface area contributed by atoms with Crippen molar-refractivity contribution in [2.75, 3.05) is 0 Å². The maximum absolute atomic E-state index is 12.8. The van der Waals surface area contributed by atoms with Crippen LogP contribution in [-0.4, -0.2) is 24.6 Å². The molecule has 0 radical (unpaired) electrons. The summed E-state index contributed by atoms with van der Waals surface area (Å²) in [5.41, 5.74) is 1.36. The van der Waals surface area contributed by atoms with Crippen molar-refractivity contribution in [2.45, 2.75) is 43.0 Å². The van der Waals surface area contributed by atoms with Crippen molar-refractivity contribution in [2.24, 2.45) is 11.8 Å². The number of fused-ring (bicyclic) bond motifs is 3. The first-order valence-corrected chi connectivity index (χ1v) is 13.8. The van der Waals surface area contributed by atoms with Gasteiger partial charge in [-0.1, -0.05) is 43.4 Å². The van der Waals surface area contributed by atoms with Crippen LogP contribution in [0.4, 0.5) is 0 Å². The molecule has 1 aliphatic carbocycles. The Hall–Kier alpha value is -0.913. The molecule has 1 N–H and O–H groups in total. The van der Waals surface area contributed by atoms with Gasteiger partial charge in [-0.05, 0) is 53.2 Å². The Bertz CT molecular complexity index is 726. The van der Waals surface area contributed by atoms with E-state index in [2.05, 4.69) is 67.6 Å². The Morgan fingerprint density at radius 3 is 2.00 bits per heavy atom. The van der Waals surface area contributed by atoms with Gasteiger partial charge in [0.1, 0.15) is 0 Å². The van der Waals surface area contributed by atoms with Crippen molar-refractivity contribution >= 4 is 37.7 Å². The second-order valence-electron chi connectivity index (χ2n) is 7.94. The van der Waals surface area contributed by atoms with E-state index in [0.717, 1.165) is 5.56 Å². The minimum atomic E-state index is -1.95. The van der Waals surface area contributed by atoms with Crippen LogP contribution in [0.3, 0.4) is 0 Å². The quantitative estimate of drug-likeness (QED) is 0.716. The number of rotatable bonds is 3. The van der Waals surface area contributed by atoms with E-state index >= 15 is 0 Å². The number of hydrogen-bond donors (Lipinski definition) is 1. The third-order valence-electron chi connectivity index (χ3n) is 5.71. The number of benzene rings is 1. The van der Waals surface area contributed by atoms with E-state index in [9.17, 15) is 4.79 Å². The molecule has 5 heteroatoms. The fraction of sp³-hybridized carbons (Fsp3) is 0.450. The molecule has 0 aromatic heterocycles. The monoisotopic (exact) mass is 387 g/mol. The van der Waals surface area contributed by atoms with Gasteiger partial charge >= 0.3 is 0 Å². The van der Waals surface area contributed by atoms with Gasteiger partial charge in [0.2, 0.25) is 5.91 Å². The molecule has 25 heavy (non-hydrogen) atoms. The van der Waals surface area contributed by atoms with Crippen LogP contribution in [0.15, 0.2) is 52.3 Å². The third kappa shape index (κ3) is 3.04. The van der Waals surface area contributed by atoms with Crippen LogP contribution in [0.1, 0.15) is 24.2 Å². The van der Waals surface area contributed by atoms with E-state index in [1.54, 1.807) is 0 Å². The summed E-state index contributed by atoms with van der Waals surface area (Å²) in [6, 6.07) is 9.65. The lowest BCUT2D eigenvalue weighted by molar-refractivity contribution is 0.0977. The smallest absolute Gasteiger partial charge is 0.243 e. The van der Waals surface area contributed by atoms with Gasteiger partial charge in [-0.3, -0.25) is 4.79 Å². The van der Waals surface area contributed by atoms with Crippen LogP contribution in [0, 0.1) is 11.8 Å². The van der Waals surface area contributed by atoms with Gasteiger partial charge in [-0.15, -0.1) is 23.5 Å². The zero-order valence-corrected chi connectivity index (χ0v) is 17.8. The van der Waals surface area contributed by atoms with E-state index in [1.807, 2.05) is 30.3 Å². The van der Waals surface area contributed by atoms with Crippen LogP contribution in [0.25, 0.3) is 0 Å². The molecule has 2 heterocycles. The molecule has 0 saturated heterocycles. The number of hydrogen-bond acceptors (Lipinski definition) is 3. The topological polar surface area (TPSA) is 29.1 Å². The molecule has 0 spiro atoms. The van der Waals surface area contributed by atoms with Crippen molar-refractivity contribution in [3.63, 3.8) is 0 Å². The number of thioether (sulfide) groups is 2. The Labute approximate surface area is 160 Å². The Kier molecular flexibility index (Phi) is 4.45. The van der Waals surface area contributed by atoms with Crippen molar-refractivity contribution in [1.82, 2.24) is 4.98 Å². The first kappa shape index (κ1) is 17.5. The number of nitrogens with one attached hydrogen (secondary N) is 1. The molecule has 132 valence electrons. The van der Waals surface area contributed by atoms with Crippen molar-refractivity contribution in [3.8, 4) is 0 Å². The summed E-state index contributed by atoms with van der Waals surface area (Å²) in [5, 5.41) is 1.26. The first-order chi connectivity index (χ1) is 11.9. The molecule has 1 saturated carbocycles. The lowest BCUT2D eigenvalue weighted by Gasteiger charge is -2.37. The second-order valence-corrected chi connectivity index (χ2v) is 15.1. The molecule has 1 amide bonds. The number of carbonyl (C=O) groups excluding carboxylic acids is 1. The molecular formula is C20H25NOS2Si. The average molecular weight is 388 g/mol. The minimum absolute atomic E-state index is 0.0950. The molecule has 1 aromatic rings. The van der Waals surface area contributed by atoms with Gasteiger partial charge in [0, 0.05) is 16.1 Å². The predicted molar refractivity (Wildman–Crippen MR) is 112 cm³/mol. The normalized spacial score (nSPS) is 33.5. The summed E-state index contributed by atoms with van der Waals surface area (Å²) in [6.45, 7) is 9.18. The molecular weight excluding hydrogens is 362 g/mol. The van der Waals surface area contributed by atoms with Gasteiger partial charge in [-0.25, -0.2) is 0 Å². The molecule has 2 aliphatic heterocycles. The van der Waals surface area contributed by atoms with Crippen LogP contribution in [-0.2, 0) is 0 Å². The molecule has 0 bridgehead atoms. The first-order valence-electron chi connectivity index (χ1n) is 8.94. The lowest BCUT2D eigenvalue weighted by atomic mass is 9.95. The highest BCUT2D eigenvalue weighted by atomic mass is 32.2. The zero-order chi connectivity index (χ0) is 17.8. The van der Waals surface area contributed by atoms with Crippen molar-refractivity contribution in [1.29, 1.82) is 0 Å². The molecule has 2 nitrogen and oxygen atoms in total. The maximum atomic E-state index is 12.8. The summed E-state index contributed by atoms with van der Waals surface area (Å²) in [7, 11) is -1.95. The lowest BCUT2D eigenvalue weighted by Crippen LogP contribution is -2.55. The predicted octanol–water partition coefficient (Wildman–Crippen LogP) is 5.28. The van der Waals surface area contributed by atoms with Crippen LogP contribution < -0.4 is 4.98 Å². The van der Waals surface area contributed by atoms with E-state index in [-0.39, 0.29) is 5.91 Å². The van der Waals surface area contributed by atoms with Gasteiger partial charge in [0.05, 0.1) is 0 Å². The molecule has 1 fully saturated rings. The molecule has 4 unspecified atom stereocenters. The SMILES string of the molecule is CC1=CC2C3C=C(C)SC3C([Si](C)(C)NC(=O)c3ccccc3)C2S1. The zero-order valence-electron chi connectivity index (χ0n) is 15.2. The highest BCUT2D eigenvalue weighted by Gasteiger charge is 2.59. The van der Waals surface area contributed by atoms with Crippen molar-refractivity contribution < 1.29 is 4.79 Å². The number of carbonyl (C=O) groups is 1. The van der Waals surface area contributed by atoms with Gasteiger partial charge in [-0.2, -0.15) is 0 Å². The third-order valence-corrected chi connectivity index (χ3v) is 12.2. The Morgan fingerprint density at radius 2 is 1.48 bits per heavy atom. The number of amides is 1. The van der Waals surface area contributed by atoms with Gasteiger partial charge < -0.3 is 4.98 Å². The fourth-order valence-electron chi connectivity index (χ4n) is 4.73. The Balaban J connectivity index is 1.60. The molecule has 4 rings (SSSR count). The van der Waals surface area contributed by atoms with Gasteiger partial charge in [0.15, 0.2) is 8.24 Å². The summed E-state index contributed by atoms with van der Waals surface area (Å²) >= 11 is 4.11. The highest BCUT2D eigenvalue weighted by Crippen LogP contribution is 2.63. The molecule has 1 aromatic carbocycles. The largest absolute Gasteiger partial charge is 0.378 e. The van der Waals surface area contributed by atoms with Crippen LogP contribution in [0.5, 0.6) is 0 Å². The summed E-state index contributed by atoms with van der Waals surface area (Å²) < 4.78 is 0. The Morgan fingerprint density at radius 1 is 0.960 bits per heavy atom. The maximum Gasteiger partial charge on any atom is 0.243 e. The van der Waals surface area contributed by atoms with Crippen LogP contribution in [0.2, 0.25) is 18.6 Å². The standard InChI is InChI=1S/C20H25NOS2Si/c1-12-10-15-16-11-13(2)24-18(16)19(17(15)23-12)25(3,4)21-20(22)14-8-6-5-7-9-14/h5-11,15-19H,1-4H3,(H,21,22). The summed E-state index contributed by atoms with van der Waals surface area (Å²) in [4.78, 5) is 19.2. The van der Waals surface area contributed by atoms with E-state index in [4.69, 9.17) is 0 Å². The minimum Gasteiger partial charge on any atom is -0.378 e.